The molecule has 0 heterocycles. The van der Waals surface area contributed by atoms with E-state index < -0.39 is 0 Å². The second-order valence-electron chi connectivity index (χ2n) is 12.1. The fourth-order valence-electron chi connectivity index (χ4n) is 7.83. The highest BCUT2D eigenvalue weighted by molar-refractivity contribution is 4.91. The van der Waals surface area contributed by atoms with Crippen molar-refractivity contribution in [2.75, 3.05) is 0 Å². The van der Waals surface area contributed by atoms with Gasteiger partial charge in [0, 0.05) is 0 Å². The van der Waals surface area contributed by atoms with Crippen molar-refractivity contribution in [2.45, 2.75) is 137 Å². The second kappa shape index (κ2) is 12.1. The summed E-state index contributed by atoms with van der Waals surface area (Å²) >= 11 is 0. The molecule has 0 radical (unpaired) electrons. The zero-order chi connectivity index (χ0) is 20.6. The Labute approximate surface area is 184 Å². The molecule has 0 saturated heterocycles. The third kappa shape index (κ3) is 7.00. The fraction of sp³-hybridized carbons (Fsp3) is 1.00. The van der Waals surface area contributed by atoms with E-state index in [1.807, 2.05) is 0 Å². The van der Waals surface area contributed by atoms with Crippen molar-refractivity contribution < 1.29 is 0 Å². The van der Waals surface area contributed by atoms with E-state index in [1.165, 1.54) is 64.2 Å². The molecule has 0 amide bonds. The van der Waals surface area contributed by atoms with E-state index in [9.17, 15) is 0 Å². The van der Waals surface area contributed by atoms with Gasteiger partial charge in [0.25, 0.3) is 0 Å². The minimum atomic E-state index is 0.916. The van der Waals surface area contributed by atoms with E-state index in [0.717, 1.165) is 47.3 Å². The molecule has 0 nitrogen and oxygen atoms in total. The minimum absolute atomic E-state index is 0.916. The van der Waals surface area contributed by atoms with Crippen molar-refractivity contribution in [1.82, 2.24) is 0 Å². The van der Waals surface area contributed by atoms with Gasteiger partial charge in [0.15, 0.2) is 0 Å². The lowest BCUT2D eigenvalue weighted by atomic mass is 9.74. The highest BCUT2D eigenvalue weighted by atomic mass is 14.5. The van der Waals surface area contributed by atoms with Gasteiger partial charge in [0.05, 0.1) is 0 Å². The third-order valence-electron chi connectivity index (χ3n) is 9.78. The van der Waals surface area contributed by atoms with Crippen LogP contribution in [0.5, 0.6) is 0 Å². The molecule has 3 fully saturated rings. The van der Waals surface area contributed by atoms with Crippen LogP contribution in [0, 0.1) is 47.3 Å². The van der Waals surface area contributed by atoms with Crippen molar-refractivity contribution in [3.8, 4) is 0 Å². The van der Waals surface area contributed by atoms with Crippen LogP contribution in [0.25, 0.3) is 0 Å². The van der Waals surface area contributed by atoms with Crippen LogP contribution in [-0.2, 0) is 0 Å². The molecule has 3 saturated carbocycles. The normalized spacial score (nSPS) is 38.2. The van der Waals surface area contributed by atoms with E-state index in [-0.39, 0.29) is 0 Å². The molecule has 0 aliphatic heterocycles. The van der Waals surface area contributed by atoms with Gasteiger partial charge >= 0.3 is 0 Å². The van der Waals surface area contributed by atoms with Gasteiger partial charge < -0.3 is 0 Å². The summed E-state index contributed by atoms with van der Waals surface area (Å²) in [6.45, 7) is 9.75. The summed E-state index contributed by atoms with van der Waals surface area (Å²) in [5.41, 5.74) is 0. The van der Waals surface area contributed by atoms with Crippen LogP contribution >= 0.6 is 0 Å². The molecule has 3 aliphatic carbocycles. The lowest BCUT2D eigenvalue weighted by Gasteiger charge is -2.31. The summed E-state index contributed by atoms with van der Waals surface area (Å²) in [7, 11) is 0. The molecule has 5 unspecified atom stereocenters. The maximum atomic E-state index is 2.51. The molecule has 5 atom stereocenters. The first kappa shape index (κ1) is 23.7. The SMILES string of the molecule is CCCCCC1C(CCCCC2CCC(C(C)C)CC2)CCC1C1CCC(C)C1. The molecular weight excluding hydrogens is 348 g/mol. The summed E-state index contributed by atoms with van der Waals surface area (Å²) in [5, 5.41) is 0. The van der Waals surface area contributed by atoms with Crippen LogP contribution in [-0.4, -0.2) is 0 Å². The Morgan fingerprint density at radius 1 is 0.724 bits per heavy atom. The van der Waals surface area contributed by atoms with Crippen LogP contribution in [0.15, 0.2) is 0 Å². The molecule has 170 valence electrons. The van der Waals surface area contributed by atoms with Crippen molar-refractivity contribution >= 4 is 0 Å². The van der Waals surface area contributed by atoms with Crippen molar-refractivity contribution in [2.24, 2.45) is 47.3 Å². The number of unbranched alkanes of at least 4 members (excludes halogenated alkanes) is 3. The average molecular weight is 403 g/mol. The summed E-state index contributed by atoms with van der Waals surface area (Å²) < 4.78 is 0. The summed E-state index contributed by atoms with van der Waals surface area (Å²) in [6.07, 6.45) is 26.0. The standard InChI is InChI=1S/C29H54/c1-5-6-7-12-28-26(19-20-29(28)27-16-13-23(4)21-27)11-9-8-10-24-14-17-25(18-15-24)22(2)3/h22-29H,5-21H2,1-4H3. The summed E-state index contributed by atoms with van der Waals surface area (Å²) in [5.74, 6) is 8.42. The van der Waals surface area contributed by atoms with Gasteiger partial charge in [-0.2, -0.15) is 0 Å². The Kier molecular flexibility index (Phi) is 9.91. The minimum Gasteiger partial charge on any atom is -0.0654 e. The Balaban J connectivity index is 1.39. The lowest BCUT2D eigenvalue weighted by Crippen LogP contribution is -2.21. The number of hydrogen-bond acceptors (Lipinski definition) is 0. The third-order valence-corrected chi connectivity index (χ3v) is 9.78. The van der Waals surface area contributed by atoms with Crippen molar-refractivity contribution in [3.05, 3.63) is 0 Å². The first-order valence-electron chi connectivity index (χ1n) is 14.1. The van der Waals surface area contributed by atoms with Crippen molar-refractivity contribution in [3.63, 3.8) is 0 Å². The van der Waals surface area contributed by atoms with E-state index in [2.05, 4.69) is 27.7 Å². The molecule has 0 aromatic rings. The van der Waals surface area contributed by atoms with E-state index in [4.69, 9.17) is 0 Å². The van der Waals surface area contributed by atoms with Gasteiger partial charge in [0.1, 0.15) is 0 Å². The summed E-state index contributed by atoms with van der Waals surface area (Å²) in [6, 6.07) is 0. The molecule has 0 spiro atoms. The smallest absolute Gasteiger partial charge is 0.0355 e. The molecule has 0 bridgehead atoms. The maximum Gasteiger partial charge on any atom is -0.0355 e. The molecule has 0 aromatic carbocycles. The van der Waals surface area contributed by atoms with Crippen molar-refractivity contribution in [1.29, 1.82) is 0 Å². The number of rotatable bonds is 11. The summed E-state index contributed by atoms with van der Waals surface area (Å²) in [4.78, 5) is 0. The molecule has 3 aliphatic rings. The van der Waals surface area contributed by atoms with Gasteiger partial charge in [0.2, 0.25) is 0 Å². The molecule has 29 heavy (non-hydrogen) atoms. The predicted octanol–water partition coefficient (Wildman–Crippen LogP) is 9.67. The molecular formula is C29H54. The Morgan fingerprint density at radius 3 is 2.10 bits per heavy atom. The first-order chi connectivity index (χ1) is 14.1. The average Bonchev–Trinajstić information content (AvgIpc) is 3.32. The topological polar surface area (TPSA) is 0 Å². The molecule has 3 rings (SSSR count). The fourth-order valence-corrected chi connectivity index (χ4v) is 7.83. The van der Waals surface area contributed by atoms with Gasteiger partial charge in [-0.1, -0.05) is 91.9 Å². The van der Waals surface area contributed by atoms with E-state index in [0.29, 0.717) is 0 Å². The molecule has 0 N–H and O–H groups in total. The Bertz CT molecular complexity index is 429. The zero-order valence-corrected chi connectivity index (χ0v) is 20.6. The van der Waals surface area contributed by atoms with Gasteiger partial charge in [-0.25, -0.2) is 0 Å². The predicted molar refractivity (Wildman–Crippen MR) is 129 cm³/mol. The van der Waals surface area contributed by atoms with E-state index in [1.54, 1.807) is 44.9 Å². The molecule has 0 heteroatoms. The quantitative estimate of drug-likeness (QED) is 0.302. The van der Waals surface area contributed by atoms with Crippen LogP contribution in [0.4, 0.5) is 0 Å². The lowest BCUT2D eigenvalue weighted by molar-refractivity contribution is 0.196. The van der Waals surface area contributed by atoms with Crippen LogP contribution in [0.2, 0.25) is 0 Å². The van der Waals surface area contributed by atoms with Gasteiger partial charge in [-0.05, 0) is 92.3 Å². The molecule has 0 aromatic heterocycles. The van der Waals surface area contributed by atoms with Crippen LogP contribution < -0.4 is 0 Å². The van der Waals surface area contributed by atoms with Gasteiger partial charge in [-0.3, -0.25) is 0 Å². The van der Waals surface area contributed by atoms with E-state index >= 15 is 0 Å². The highest BCUT2D eigenvalue weighted by Crippen LogP contribution is 2.51. The largest absolute Gasteiger partial charge is 0.0654 e. The first-order valence-corrected chi connectivity index (χ1v) is 14.1. The highest BCUT2D eigenvalue weighted by Gasteiger charge is 2.41. The van der Waals surface area contributed by atoms with Crippen LogP contribution in [0.3, 0.4) is 0 Å². The Hall–Kier alpha value is 0. The Morgan fingerprint density at radius 2 is 1.45 bits per heavy atom. The van der Waals surface area contributed by atoms with Gasteiger partial charge in [-0.15, -0.1) is 0 Å². The zero-order valence-electron chi connectivity index (χ0n) is 20.6. The maximum absolute atomic E-state index is 2.51. The monoisotopic (exact) mass is 402 g/mol. The second-order valence-corrected chi connectivity index (χ2v) is 12.1. The van der Waals surface area contributed by atoms with Crippen LogP contribution in [0.1, 0.15) is 137 Å². The number of hydrogen-bond donors (Lipinski definition) is 0.